The van der Waals surface area contributed by atoms with Crippen LogP contribution in [0.15, 0.2) is 6.20 Å². The maximum absolute atomic E-state index is 13.5. The van der Waals surface area contributed by atoms with Crippen molar-refractivity contribution in [2.45, 2.75) is 75.9 Å². The summed E-state index contributed by atoms with van der Waals surface area (Å²) < 4.78 is 5.77. The molecule has 2 saturated heterocycles. The lowest BCUT2D eigenvalue weighted by Gasteiger charge is -2.40. The minimum atomic E-state index is -0.547. The van der Waals surface area contributed by atoms with E-state index in [1.165, 1.54) is 5.56 Å². The number of hydrogen-bond acceptors (Lipinski definition) is 6. The number of aromatic nitrogens is 2. The second kappa shape index (κ2) is 7.67. The summed E-state index contributed by atoms with van der Waals surface area (Å²) in [5.41, 5.74) is 1.78. The molecular formula is C22H30N4O3. The molecule has 29 heavy (non-hydrogen) atoms. The van der Waals surface area contributed by atoms with Crippen LogP contribution in [0, 0.1) is 5.92 Å². The summed E-state index contributed by atoms with van der Waals surface area (Å²) >= 11 is 0. The quantitative estimate of drug-likeness (QED) is 0.768. The lowest BCUT2D eigenvalue weighted by molar-refractivity contribution is -0.156. The first-order chi connectivity index (χ1) is 14.1. The molecule has 1 amide bonds. The number of carbonyl (C=O) groups is 2. The molecule has 0 bridgehead atoms. The molecule has 0 unspecified atom stereocenters. The summed E-state index contributed by atoms with van der Waals surface area (Å²) in [6.07, 6.45) is 9.98. The van der Waals surface area contributed by atoms with E-state index in [-0.39, 0.29) is 30.1 Å². The molecule has 1 aromatic heterocycles. The number of nitrogens with zero attached hydrogens (tertiary/aromatic N) is 3. The smallest absolute Gasteiger partial charge is 0.307 e. The van der Waals surface area contributed by atoms with E-state index in [1.54, 1.807) is 0 Å². The van der Waals surface area contributed by atoms with Crippen LogP contribution in [0.4, 0.5) is 0 Å². The SMILES string of the molecule is O=C1C[C@@H](C(=O)N2CCC[C@@H](c3ncc4c(n3)CCNC4)C2)C2(CCCCC2)O1. The van der Waals surface area contributed by atoms with E-state index in [4.69, 9.17) is 9.72 Å². The van der Waals surface area contributed by atoms with Crippen LogP contribution < -0.4 is 5.32 Å². The summed E-state index contributed by atoms with van der Waals surface area (Å²) in [5.74, 6) is 0.627. The van der Waals surface area contributed by atoms with Crippen LogP contribution in [0.1, 0.15) is 74.4 Å². The van der Waals surface area contributed by atoms with Crippen LogP contribution >= 0.6 is 0 Å². The van der Waals surface area contributed by atoms with Gasteiger partial charge in [0.2, 0.25) is 5.91 Å². The standard InChI is InChI=1S/C22H30N4O3/c27-19-11-17(22(29-19)7-2-1-3-8-22)21(28)26-10-4-5-15(14-26)20-24-13-16-12-23-9-6-18(16)25-20/h13,15,17,23H,1-12,14H2/t15-,17+/m1/s1. The number of piperidine rings is 1. The number of ether oxygens (including phenoxy) is 1. The highest BCUT2D eigenvalue weighted by Crippen LogP contribution is 2.45. The number of esters is 1. The third-order valence-corrected chi connectivity index (χ3v) is 7.25. The Morgan fingerprint density at radius 2 is 2.10 bits per heavy atom. The van der Waals surface area contributed by atoms with E-state index in [0.29, 0.717) is 6.54 Å². The van der Waals surface area contributed by atoms with Crippen molar-refractivity contribution in [3.8, 4) is 0 Å². The number of carbonyl (C=O) groups excluding carboxylic acids is 2. The Morgan fingerprint density at radius 3 is 2.97 bits per heavy atom. The van der Waals surface area contributed by atoms with Crippen molar-refractivity contribution < 1.29 is 14.3 Å². The first-order valence-electron chi connectivity index (χ1n) is 11.2. The van der Waals surface area contributed by atoms with E-state index in [2.05, 4.69) is 10.3 Å². The Bertz CT molecular complexity index is 805. The molecule has 1 aromatic rings. The van der Waals surface area contributed by atoms with Gasteiger partial charge in [0.15, 0.2) is 0 Å². The van der Waals surface area contributed by atoms with Crippen molar-refractivity contribution in [3.63, 3.8) is 0 Å². The maximum Gasteiger partial charge on any atom is 0.307 e. The Morgan fingerprint density at radius 1 is 1.24 bits per heavy atom. The minimum Gasteiger partial charge on any atom is -0.458 e. The van der Waals surface area contributed by atoms with E-state index in [9.17, 15) is 9.59 Å². The topological polar surface area (TPSA) is 84.4 Å². The second-order valence-electron chi connectivity index (χ2n) is 9.11. The maximum atomic E-state index is 13.5. The van der Waals surface area contributed by atoms with Gasteiger partial charge in [-0.1, -0.05) is 6.42 Å². The third-order valence-electron chi connectivity index (χ3n) is 7.25. The molecule has 4 heterocycles. The van der Waals surface area contributed by atoms with Crippen molar-refractivity contribution >= 4 is 11.9 Å². The van der Waals surface area contributed by atoms with Gasteiger partial charge in [-0.2, -0.15) is 0 Å². The average molecular weight is 399 g/mol. The van der Waals surface area contributed by atoms with E-state index >= 15 is 0 Å². The monoisotopic (exact) mass is 398 g/mol. The van der Waals surface area contributed by atoms with Crippen molar-refractivity contribution in [2.24, 2.45) is 5.92 Å². The molecule has 7 heteroatoms. The second-order valence-corrected chi connectivity index (χ2v) is 9.11. The van der Waals surface area contributed by atoms with Crippen LogP contribution in [0.2, 0.25) is 0 Å². The van der Waals surface area contributed by atoms with Gasteiger partial charge in [-0.3, -0.25) is 9.59 Å². The first kappa shape index (κ1) is 19.0. The normalized spacial score (nSPS) is 28.8. The van der Waals surface area contributed by atoms with Crippen LogP contribution in [0.25, 0.3) is 0 Å². The van der Waals surface area contributed by atoms with E-state index in [1.807, 2.05) is 11.1 Å². The van der Waals surface area contributed by atoms with Crippen LogP contribution in [0.5, 0.6) is 0 Å². The predicted octanol–water partition coefficient (Wildman–Crippen LogP) is 2.09. The molecule has 1 N–H and O–H groups in total. The molecule has 156 valence electrons. The Labute approximate surface area is 171 Å². The predicted molar refractivity (Wildman–Crippen MR) is 106 cm³/mol. The Kier molecular flexibility index (Phi) is 5.02. The van der Waals surface area contributed by atoms with Crippen molar-refractivity contribution in [1.29, 1.82) is 0 Å². The van der Waals surface area contributed by atoms with Gasteiger partial charge in [0.1, 0.15) is 11.4 Å². The molecule has 1 saturated carbocycles. The number of rotatable bonds is 2. The fourth-order valence-corrected chi connectivity index (χ4v) is 5.66. The van der Waals surface area contributed by atoms with Gasteiger partial charge >= 0.3 is 5.97 Å². The Hall–Kier alpha value is -2.02. The van der Waals surface area contributed by atoms with Gasteiger partial charge in [0.25, 0.3) is 0 Å². The third kappa shape index (κ3) is 3.54. The molecule has 1 spiro atoms. The highest BCUT2D eigenvalue weighted by atomic mass is 16.6. The van der Waals surface area contributed by atoms with Crippen LogP contribution in [0.3, 0.4) is 0 Å². The number of fused-ring (bicyclic) bond motifs is 1. The Balaban J connectivity index is 1.32. The minimum absolute atomic E-state index is 0.101. The zero-order chi connectivity index (χ0) is 19.8. The van der Waals surface area contributed by atoms with Crippen molar-refractivity contribution in [2.75, 3.05) is 19.6 Å². The number of hydrogen-bond donors (Lipinski definition) is 1. The lowest BCUT2D eigenvalue weighted by atomic mass is 9.75. The van der Waals surface area contributed by atoms with E-state index in [0.717, 1.165) is 82.5 Å². The highest BCUT2D eigenvalue weighted by Gasteiger charge is 2.54. The van der Waals surface area contributed by atoms with Crippen molar-refractivity contribution in [3.05, 3.63) is 23.3 Å². The summed E-state index contributed by atoms with van der Waals surface area (Å²) in [7, 11) is 0. The molecule has 1 aliphatic carbocycles. The molecule has 3 fully saturated rings. The lowest BCUT2D eigenvalue weighted by Crippen LogP contribution is -2.49. The largest absolute Gasteiger partial charge is 0.458 e. The number of nitrogens with one attached hydrogen (secondary N) is 1. The van der Waals surface area contributed by atoms with Crippen LogP contribution in [-0.2, 0) is 27.3 Å². The number of amides is 1. The van der Waals surface area contributed by atoms with Gasteiger partial charge in [0.05, 0.1) is 12.3 Å². The number of likely N-dealkylation sites (tertiary alicyclic amines) is 1. The van der Waals surface area contributed by atoms with Gasteiger partial charge in [0, 0.05) is 56.0 Å². The molecule has 0 radical (unpaired) electrons. The zero-order valence-electron chi connectivity index (χ0n) is 17.0. The molecule has 3 aliphatic heterocycles. The van der Waals surface area contributed by atoms with E-state index < -0.39 is 5.60 Å². The fourth-order valence-electron chi connectivity index (χ4n) is 5.66. The van der Waals surface area contributed by atoms with Gasteiger partial charge < -0.3 is 15.0 Å². The molecule has 5 rings (SSSR count). The van der Waals surface area contributed by atoms with Crippen LogP contribution in [-0.4, -0.2) is 52.0 Å². The summed E-state index contributed by atoms with van der Waals surface area (Å²) in [5, 5.41) is 3.35. The first-order valence-corrected chi connectivity index (χ1v) is 11.2. The molecule has 4 aliphatic rings. The molecule has 7 nitrogen and oxygen atoms in total. The zero-order valence-corrected chi connectivity index (χ0v) is 17.0. The molecule has 2 atom stereocenters. The van der Waals surface area contributed by atoms with Gasteiger partial charge in [-0.25, -0.2) is 9.97 Å². The fraction of sp³-hybridized carbons (Fsp3) is 0.727. The van der Waals surface area contributed by atoms with Gasteiger partial charge in [-0.15, -0.1) is 0 Å². The average Bonchev–Trinajstić information content (AvgIpc) is 3.08. The summed E-state index contributed by atoms with van der Waals surface area (Å²) in [4.78, 5) is 37.0. The summed E-state index contributed by atoms with van der Waals surface area (Å²) in [6, 6.07) is 0. The summed E-state index contributed by atoms with van der Waals surface area (Å²) in [6.45, 7) is 3.20. The van der Waals surface area contributed by atoms with Gasteiger partial charge in [-0.05, 0) is 38.5 Å². The van der Waals surface area contributed by atoms with Crippen molar-refractivity contribution in [1.82, 2.24) is 20.2 Å². The highest BCUT2D eigenvalue weighted by molar-refractivity contribution is 5.88. The molecular weight excluding hydrogens is 368 g/mol. The molecule has 0 aromatic carbocycles.